The van der Waals surface area contributed by atoms with Crippen molar-refractivity contribution in [1.82, 2.24) is 4.98 Å². The van der Waals surface area contributed by atoms with Crippen molar-refractivity contribution in [1.29, 1.82) is 0 Å². The number of carbonyl (C=O) groups excluding carboxylic acids is 1. The largest absolute Gasteiger partial charge is 0.483 e. The normalized spacial score (nSPS) is 11.7. The van der Waals surface area contributed by atoms with Gasteiger partial charge in [-0.15, -0.1) is 0 Å². The third kappa shape index (κ3) is 3.81. The lowest BCUT2D eigenvalue weighted by Gasteiger charge is -2.09. The third-order valence-corrected chi connectivity index (χ3v) is 2.44. The molecule has 0 radical (unpaired) electrons. The maximum Gasteiger partial charge on any atom is 0.219 e. The van der Waals surface area contributed by atoms with E-state index in [1.807, 2.05) is 19.1 Å². The van der Waals surface area contributed by atoms with Crippen molar-refractivity contribution in [3.8, 4) is 17.4 Å². The minimum atomic E-state index is -0.453. The standard InChI is InChI=1S/C15H15NO3/c1-11-3-8-15(16-9-11)19-14-6-4-13(5-7-14)18-12(2)10-17/h3-10,12H,1-2H3. The molecule has 0 aliphatic rings. The van der Waals surface area contributed by atoms with E-state index in [0.29, 0.717) is 17.4 Å². The van der Waals surface area contributed by atoms with E-state index in [9.17, 15) is 4.79 Å². The molecule has 1 heterocycles. The summed E-state index contributed by atoms with van der Waals surface area (Å²) in [5, 5.41) is 0. The van der Waals surface area contributed by atoms with Gasteiger partial charge in [0.2, 0.25) is 5.88 Å². The second-order valence-corrected chi connectivity index (χ2v) is 4.21. The molecule has 0 aliphatic heterocycles. The van der Waals surface area contributed by atoms with Crippen LogP contribution in [0.4, 0.5) is 0 Å². The summed E-state index contributed by atoms with van der Waals surface area (Å²) in [6.45, 7) is 3.66. The Morgan fingerprint density at radius 1 is 1.11 bits per heavy atom. The molecule has 2 aromatic rings. The van der Waals surface area contributed by atoms with Gasteiger partial charge < -0.3 is 9.47 Å². The smallest absolute Gasteiger partial charge is 0.219 e. The van der Waals surface area contributed by atoms with Crippen LogP contribution in [0.15, 0.2) is 42.6 Å². The maximum absolute atomic E-state index is 10.5. The number of rotatable bonds is 5. The Hall–Kier alpha value is -2.36. The van der Waals surface area contributed by atoms with Gasteiger partial charge >= 0.3 is 0 Å². The monoisotopic (exact) mass is 257 g/mol. The van der Waals surface area contributed by atoms with E-state index in [1.54, 1.807) is 37.4 Å². The molecule has 1 aromatic carbocycles. The fourth-order valence-corrected chi connectivity index (χ4v) is 1.46. The van der Waals surface area contributed by atoms with Gasteiger partial charge in [-0.05, 0) is 43.7 Å². The fraction of sp³-hybridized carbons (Fsp3) is 0.200. The molecule has 1 unspecified atom stereocenters. The molecule has 0 saturated carbocycles. The van der Waals surface area contributed by atoms with Crippen molar-refractivity contribution in [3.05, 3.63) is 48.2 Å². The first kappa shape index (κ1) is 13.1. The molecule has 4 nitrogen and oxygen atoms in total. The Morgan fingerprint density at radius 3 is 2.37 bits per heavy atom. The molecule has 19 heavy (non-hydrogen) atoms. The average molecular weight is 257 g/mol. The van der Waals surface area contributed by atoms with Crippen LogP contribution in [0.25, 0.3) is 0 Å². The van der Waals surface area contributed by atoms with Crippen molar-refractivity contribution in [2.24, 2.45) is 0 Å². The van der Waals surface area contributed by atoms with Crippen LogP contribution in [-0.2, 0) is 4.79 Å². The molecule has 98 valence electrons. The lowest BCUT2D eigenvalue weighted by Crippen LogP contribution is -2.12. The van der Waals surface area contributed by atoms with Crippen LogP contribution in [-0.4, -0.2) is 17.4 Å². The van der Waals surface area contributed by atoms with E-state index in [-0.39, 0.29) is 0 Å². The fourth-order valence-electron chi connectivity index (χ4n) is 1.46. The maximum atomic E-state index is 10.5. The number of ether oxygens (including phenoxy) is 2. The zero-order chi connectivity index (χ0) is 13.7. The summed E-state index contributed by atoms with van der Waals surface area (Å²) in [4.78, 5) is 14.6. The van der Waals surface area contributed by atoms with Gasteiger partial charge in [-0.3, -0.25) is 4.79 Å². The number of pyridine rings is 1. The van der Waals surface area contributed by atoms with Crippen LogP contribution in [0, 0.1) is 6.92 Å². The second kappa shape index (κ2) is 6.00. The summed E-state index contributed by atoms with van der Waals surface area (Å²) in [6.07, 6.45) is 2.05. The Bertz CT molecular complexity index is 534. The number of benzene rings is 1. The predicted octanol–water partition coefficient (Wildman–Crippen LogP) is 3.15. The summed E-state index contributed by atoms with van der Waals surface area (Å²) in [5.74, 6) is 1.84. The first-order valence-corrected chi connectivity index (χ1v) is 6.00. The Kier molecular flexibility index (Phi) is 4.13. The molecule has 0 fully saturated rings. The Labute approximate surface area is 112 Å². The quantitative estimate of drug-likeness (QED) is 0.772. The molecular formula is C15H15NO3. The van der Waals surface area contributed by atoms with Gasteiger partial charge in [-0.1, -0.05) is 6.07 Å². The number of nitrogens with zero attached hydrogens (tertiary/aromatic N) is 1. The van der Waals surface area contributed by atoms with Crippen LogP contribution >= 0.6 is 0 Å². The zero-order valence-electron chi connectivity index (χ0n) is 10.9. The minimum absolute atomic E-state index is 0.453. The molecule has 0 N–H and O–H groups in total. The highest BCUT2D eigenvalue weighted by Gasteiger charge is 2.03. The van der Waals surface area contributed by atoms with Gasteiger partial charge in [0.25, 0.3) is 0 Å². The highest BCUT2D eigenvalue weighted by atomic mass is 16.5. The third-order valence-electron chi connectivity index (χ3n) is 2.44. The minimum Gasteiger partial charge on any atom is -0.483 e. The number of aldehydes is 1. The highest BCUT2D eigenvalue weighted by Crippen LogP contribution is 2.22. The molecule has 0 amide bonds. The van der Waals surface area contributed by atoms with E-state index in [2.05, 4.69) is 4.98 Å². The number of hydrogen-bond donors (Lipinski definition) is 0. The topological polar surface area (TPSA) is 48.4 Å². The molecule has 2 rings (SSSR count). The SMILES string of the molecule is Cc1ccc(Oc2ccc(OC(C)C=O)cc2)nc1. The predicted molar refractivity (Wildman–Crippen MR) is 71.6 cm³/mol. The highest BCUT2D eigenvalue weighted by molar-refractivity contribution is 5.56. The summed E-state index contributed by atoms with van der Waals surface area (Å²) >= 11 is 0. The van der Waals surface area contributed by atoms with Crippen LogP contribution < -0.4 is 9.47 Å². The van der Waals surface area contributed by atoms with E-state index in [0.717, 1.165) is 11.8 Å². The summed E-state index contributed by atoms with van der Waals surface area (Å²) < 4.78 is 10.9. The van der Waals surface area contributed by atoms with Crippen molar-refractivity contribution in [2.75, 3.05) is 0 Å². The molecule has 4 heteroatoms. The lowest BCUT2D eigenvalue weighted by molar-refractivity contribution is -0.113. The first-order valence-electron chi connectivity index (χ1n) is 6.00. The van der Waals surface area contributed by atoms with Gasteiger partial charge in [-0.2, -0.15) is 0 Å². The Balaban J connectivity index is 2.02. The van der Waals surface area contributed by atoms with Gasteiger partial charge in [0.05, 0.1) is 0 Å². The van der Waals surface area contributed by atoms with Gasteiger partial charge in [0, 0.05) is 12.3 Å². The van der Waals surface area contributed by atoms with Crippen molar-refractivity contribution >= 4 is 6.29 Å². The molecule has 0 saturated heterocycles. The van der Waals surface area contributed by atoms with Crippen LogP contribution in [0.5, 0.6) is 17.4 Å². The van der Waals surface area contributed by atoms with Crippen LogP contribution in [0.3, 0.4) is 0 Å². The average Bonchev–Trinajstić information content (AvgIpc) is 2.43. The number of carbonyl (C=O) groups is 1. The summed E-state index contributed by atoms with van der Waals surface area (Å²) in [6, 6.07) is 10.8. The van der Waals surface area contributed by atoms with Crippen LogP contribution in [0.1, 0.15) is 12.5 Å². The Morgan fingerprint density at radius 2 is 1.79 bits per heavy atom. The summed E-state index contributed by atoms with van der Waals surface area (Å²) in [5.41, 5.74) is 1.08. The second-order valence-electron chi connectivity index (χ2n) is 4.21. The van der Waals surface area contributed by atoms with E-state index in [4.69, 9.17) is 9.47 Å². The van der Waals surface area contributed by atoms with E-state index < -0.39 is 6.10 Å². The molecular weight excluding hydrogens is 242 g/mol. The number of aryl methyl sites for hydroxylation is 1. The van der Waals surface area contributed by atoms with Crippen LogP contribution in [0.2, 0.25) is 0 Å². The van der Waals surface area contributed by atoms with Gasteiger partial charge in [0.15, 0.2) is 12.4 Å². The summed E-state index contributed by atoms with van der Waals surface area (Å²) in [7, 11) is 0. The molecule has 1 atom stereocenters. The first-order chi connectivity index (χ1) is 9.17. The number of aromatic nitrogens is 1. The van der Waals surface area contributed by atoms with Crippen molar-refractivity contribution in [3.63, 3.8) is 0 Å². The molecule has 0 bridgehead atoms. The zero-order valence-corrected chi connectivity index (χ0v) is 10.9. The number of hydrogen-bond acceptors (Lipinski definition) is 4. The van der Waals surface area contributed by atoms with Gasteiger partial charge in [0.1, 0.15) is 11.5 Å². The lowest BCUT2D eigenvalue weighted by atomic mass is 10.3. The van der Waals surface area contributed by atoms with Gasteiger partial charge in [-0.25, -0.2) is 4.98 Å². The van der Waals surface area contributed by atoms with E-state index in [1.165, 1.54) is 0 Å². The molecule has 1 aromatic heterocycles. The van der Waals surface area contributed by atoms with Crippen molar-refractivity contribution in [2.45, 2.75) is 20.0 Å². The molecule has 0 spiro atoms. The van der Waals surface area contributed by atoms with Crippen molar-refractivity contribution < 1.29 is 14.3 Å². The van der Waals surface area contributed by atoms with E-state index >= 15 is 0 Å². The molecule has 0 aliphatic carbocycles.